The van der Waals surface area contributed by atoms with Crippen molar-refractivity contribution >= 4 is 34.0 Å². The molecule has 0 radical (unpaired) electrons. The number of nitrogens with zero attached hydrogens (tertiary/aromatic N) is 1. The van der Waals surface area contributed by atoms with E-state index in [0.717, 1.165) is 42.2 Å². The number of nitrogens with one attached hydrogen (secondary N) is 2. The zero-order valence-corrected chi connectivity index (χ0v) is 15.5. The molecule has 1 aromatic carbocycles. The van der Waals surface area contributed by atoms with Gasteiger partial charge >= 0.3 is 0 Å². The molecule has 24 heavy (non-hydrogen) atoms. The summed E-state index contributed by atoms with van der Waals surface area (Å²) in [6, 6.07) is 8.37. The van der Waals surface area contributed by atoms with Crippen LogP contribution in [-0.2, 0) is 13.0 Å². The minimum atomic E-state index is -0.150. The van der Waals surface area contributed by atoms with E-state index in [0.29, 0.717) is 0 Å². The average molecular weight is 360 g/mol. The highest BCUT2D eigenvalue weighted by Crippen LogP contribution is 2.40. The van der Waals surface area contributed by atoms with Gasteiger partial charge in [0.05, 0.1) is 5.56 Å². The van der Waals surface area contributed by atoms with Gasteiger partial charge in [-0.25, -0.2) is 0 Å². The second kappa shape index (κ2) is 6.43. The number of thiophene rings is 1. The van der Waals surface area contributed by atoms with Crippen molar-refractivity contribution in [1.29, 1.82) is 0 Å². The molecule has 1 atom stereocenters. The van der Waals surface area contributed by atoms with Crippen molar-refractivity contribution in [1.82, 2.24) is 10.2 Å². The third kappa shape index (κ3) is 2.72. The smallest absolute Gasteiger partial charge is 0.256 e. The van der Waals surface area contributed by atoms with Gasteiger partial charge in [0, 0.05) is 22.9 Å². The molecule has 2 aromatic rings. The summed E-state index contributed by atoms with van der Waals surface area (Å²) in [7, 11) is 0. The van der Waals surface area contributed by atoms with Crippen LogP contribution in [0.3, 0.4) is 0 Å². The fraction of sp³-hybridized carbons (Fsp3) is 0.389. The minimum Gasteiger partial charge on any atom is -0.353 e. The number of rotatable bonds is 3. The van der Waals surface area contributed by atoms with Crippen LogP contribution in [0, 0.1) is 0 Å². The third-order valence-electron chi connectivity index (χ3n) is 4.81. The molecule has 0 aliphatic carbocycles. The predicted octanol–water partition coefficient (Wildman–Crippen LogP) is 3.70. The molecule has 6 heteroatoms. The summed E-state index contributed by atoms with van der Waals surface area (Å²) in [5.74, 6) is 0.0603. The van der Waals surface area contributed by atoms with Crippen molar-refractivity contribution in [2.75, 3.05) is 24.7 Å². The number of amides is 1. The van der Waals surface area contributed by atoms with Crippen LogP contribution in [0.25, 0.3) is 0 Å². The molecule has 0 spiro atoms. The fourth-order valence-corrected chi connectivity index (χ4v) is 5.13. The van der Waals surface area contributed by atoms with E-state index in [9.17, 15) is 4.79 Å². The second-order valence-corrected chi connectivity index (χ2v) is 8.14. The first-order chi connectivity index (χ1) is 11.7. The van der Waals surface area contributed by atoms with E-state index >= 15 is 0 Å². The molecule has 0 unspecified atom stereocenters. The molecule has 1 amide bonds. The van der Waals surface area contributed by atoms with E-state index in [1.54, 1.807) is 23.1 Å². The number of carbonyl (C=O) groups is 1. The Morgan fingerprint density at radius 2 is 2.08 bits per heavy atom. The summed E-state index contributed by atoms with van der Waals surface area (Å²) in [5, 5.41) is 7.68. The van der Waals surface area contributed by atoms with E-state index in [-0.39, 0.29) is 12.1 Å². The monoisotopic (exact) mass is 359 g/mol. The van der Waals surface area contributed by atoms with Crippen LogP contribution < -0.4 is 10.6 Å². The van der Waals surface area contributed by atoms with E-state index in [1.807, 2.05) is 0 Å². The standard InChI is InChI=1S/C18H21N3OS2/c1-3-21-9-8-13-14(10-21)24-18-15(13)17(22)19-16(20-18)11-4-6-12(23-2)7-5-11/h4-7,16,20H,3,8-10H2,1-2H3,(H,19,22)/t16-/m0/s1. The quantitative estimate of drug-likeness (QED) is 0.820. The summed E-state index contributed by atoms with van der Waals surface area (Å²) in [6.07, 6.45) is 2.89. The molecule has 1 aromatic heterocycles. The maximum atomic E-state index is 12.7. The molecule has 2 N–H and O–H groups in total. The first-order valence-electron chi connectivity index (χ1n) is 8.28. The highest BCUT2D eigenvalue weighted by Gasteiger charge is 2.32. The van der Waals surface area contributed by atoms with Gasteiger partial charge in [0.15, 0.2) is 0 Å². The highest BCUT2D eigenvalue weighted by molar-refractivity contribution is 7.98. The Hall–Kier alpha value is -1.50. The lowest BCUT2D eigenvalue weighted by molar-refractivity contribution is 0.0934. The van der Waals surface area contributed by atoms with Gasteiger partial charge < -0.3 is 10.6 Å². The molecule has 2 aliphatic heterocycles. The molecule has 4 rings (SSSR count). The third-order valence-corrected chi connectivity index (χ3v) is 6.70. The van der Waals surface area contributed by atoms with E-state index in [1.165, 1.54) is 15.3 Å². The summed E-state index contributed by atoms with van der Waals surface area (Å²) in [4.78, 5) is 17.7. The van der Waals surface area contributed by atoms with Gasteiger partial charge in [-0.1, -0.05) is 19.1 Å². The van der Waals surface area contributed by atoms with Crippen LogP contribution in [0.5, 0.6) is 0 Å². The van der Waals surface area contributed by atoms with E-state index in [4.69, 9.17) is 0 Å². The van der Waals surface area contributed by atoms with Gasteiger partial charge in [0.2, 0.25) is 0 Å². The Morgan fingerprint density at radius 1 is 1.29 bits per heavy atom. The topological polar surface area (TPSA) is 44.4 Å². The van der Waals surface area contributed by atoms with Gasteiger partial charge in [-0.15, -0.1) is 23.1 Å². The summed E-state index contributed by atoms with van der Waals surface area (Å²) < 4.78 is 0. The summed E-state index contributed by atoms with van der Waals surface area (Å²) in [6.45, 7) is 5.26. The highest BCUT2D eigenvalue weighted by atomic mass is 32.2. The van der Waals surface area contributed by atoms with Gasteiger partial charge in [0.1, 0.15) is 11.2 Å². The molecule has 0 fully saturated rings. The molecular weight excluding hydrogens is 338 g/mol. The zero-order chi connectivity index (χ0) is 16.7. The Bertz CT molecular complexity index is 769. The maximum Gasteiger partial charge on any atom is 0.256 e. The molecule has 0 saturated carbocycles. The van der Waals surface area contributed by atoms with Crippen LogP contribution >= 0.6 is 23.1 Å². The van der Waals surface area contributed by atoms with Gasteiger partial charge in [-0.2, -0.15) is 0 Å². The van der Waals surface area contributed by atoms with Crippen LogP contribution in [0.1, 0.15) is 39.5 Å². The van der Waals surface area contributed by atoms with Crippen molar-refractivity contribution in [3.63, 3.8) is 0 Å². The van der Waals surface area contributed by atoms with Gasteiger partial charge in [0.25, 0.3) is 5.91 Å². The molecular formula is C18H21N3OS2. The van der Waals surface area contributed by atoms with Crippen molar-refractivity contribution in [3.05, 3.63) is 45.8 Å². The maximum absolute atomic E-state index is 12.7. The normalized spacial score (nSPS) is 20.1. The lowest BCUT2D eigenvalue weighted by Gasteiger charge is -2.28. The van der Waals surface area contributed by atoms with E-state index < -0.39 is 0 Å². The first-order valence-corrected chi connectivity index (χ1v) is 10.3. The average Bonchev–Trinajstić information content (AvgIpc) is 2.99. The van der Waals surface area contributed by atoms with Crippen molar-refractivity contribution in [2.45, 2.75) is 31.0 Å². The molecule has 3 heterocycles. The van der Waals surface area contributed by atoms with E-state index in [2.05, 4.69) is 53.0 Å². The lowest BCUT2D eigenvalue weighted by atomic mass is 10.0. The number of hydrogen-bond donors (Lipinski definition) is 2. The number of fused-ring (bicyclic) bond motifs is 3. The number of likely N-dealkylation sites (N-methyl/N-ethyl adjacent to an activating group) is 1. The van der Waals surface area contributed by atoms with Crippen molar-refractivity contribution < 1.29 is 4.79 Å². The van der Waals surface area contributed by atoms with Crippen molar-refractivity contribution in [2.24, 2.45) is 0 Å². The SMILES string of the molecule is CCN1CCc2c(sc3c2C(=O)N[C@H](c2ccc(SC)cc2)N3)C1. The van der Waals surface area contributed by atoms with Crippen LogP contribution in [-0.4, -0.2) is 30.2 Å². The second-order valence-electron chi connectivity index (χ2n) is 6.15. The number of thioether (sulfide) groups is 1. The molecule has 0 saturated heterocycles. The number of hydrogen-bond acceptors (Lipinski definition) is 5. The van der Waals surface area contributed by atoms with Crippen LogP contribution in [0.15, 0.2) is 29.2 Å². The summed E-state index contributed by atoms with van der Waals surface area (Å²) >= 11 is 3.47. The zero-order valence-electron chi connectivity index (χ0n) is 13.9. The molecule has 4 nitrogen and oxygen atoms in total. The molecule has 126 valence electrons. The Morgan fingerprint density at radius 3 is 2.79 bits per heavy atom. The summed E-state index contributed by atoms with van der Waals surface area (Å²) in [5.41, 5.74) is 3.22. The largest absolute Gasteiger partial charge is 0.353 e. The first kappa shape index (κ1) is 16.0. The number of benzene rings is 1. The van der Waals surface area contributed by atoms with Crippen LogP contribution in [0.2, 0.25) is 0 Å². The Labute approximate surface area is 150 Å². The molecule has 0 bridgehead atoms. The van der Waals surface area contributed by atoms with Gasteiger partial charge in [-0.3, -0.25) is 9.69 Å². The number of carbonyl (C=O) groups excluding carboxylic acids is 1. The number of anilines is 1. The minimum absolute atomic E-state index is 0.0603. The Kier molecular flexibility index (Phi) is 4.28. The van der Waals surface area contributed by atoms with Crippen LogP contribution in [0.4, 0.5) is 5.00 Å². The predicted molar refractivity (Wildman–Crippen MR) is 101 cm³/mol. The van der Waals surface area contributed by atoms with Gasteiger partial charge in [-0.05, 0) is 42.5 Å². The molecule has 2 aliphatic rings. The van der Waals surface area contributed by atoms with Crippen molar-refractivity contribution in [3.8, 4) is 0 Å². The fourth-order valence-electron chi connectivity index (χ4n) is 3.40. The lowest BCUT2D eigenvalue weighted by Crippen LogP contribution is -2.38. The Balaban J connectivity index is 1.63.